The van der Waals surface area contributed by atoms with Crippen molar-refractivity contribution in [1.82, 2.24) is 40.6 Å². The van der Waals surface area contributed by atoms with Gasteiger partial charge >= 0.3 is 5.97 Å². The van der Waals surface area contributed by atoms with Crippen molar-refractivity contribution < 1.29 is 24.3 Å². The number of carbonyl (C=O) groups excluding carboxylic acids is 3. The molecular weight excluding hydrogens is 540 g/mol. The van der Waals surface area contributed by atoms with Gasteiger partial charge in [-0.2, -0.15) is 0 Å². The predicted octanol–water partition coefficient (Wildman–Crippen LogP) is -2.00. The van der Waals surface area contributed by atoms with Crippen LogP contribution in [0.5, 0.6) is 0 Å². The topological polar surface area (TPSA) is 201 Å². The van der Waals surface area contributed by atoms with E-state index in [4.69, 9.17) is 5.73 Å². The molecule has 0 aromatic carbocycles. The highest BCUT2D eigenvalue weighted by molar-refractivity contribution is 8.03. The molecule has 1 aromatic rings. The first-order chi connectivity index (χ1) is 19.1. The average Bonchev–Trinajstić information content (AvgIpc) is 3.70. The second kappa shape index (κ2) is 10.1. The summed E-state index contributed by atoms with van der Waals surface area (Å²) in [6.45, 7) is 5.37. The van der Waals surface area contributed by atoms with Crippen LogP contribution in [0.2, 0.25) is 0 Å². The van der Waals surface area contributed by atoms with Gasteiger partial charge in [-0.15, -0.1) is 16.9 Å². The molecule has 214 valence electrons. The number of hydrogen-bond donors (Lipinski definition) is 4. The number of carboxylic acids is 1. The number of nitrogens with two attached hydrogens (primary N) is 1. The van der Waals surface area contributed by atoms with Gasteiger partial charge in [0, 0.05) is 54.1 Å². The molecule has 3 fully saturated rings. The van der Waals surface area contributed by atoms with Gasteiger partial charge < -0.3 is 31.3 Å². The van der Waals surface area contributed by atoms with Gasteiger partial charge in [0.1, 0.15) is 18.6 Å². The molecule has 15 nitrogen and oxygen atoms in total. The van der Waals surface area contributed by atoms with Gasteiger partial charge in [0.05, 0.1) is 29.9 Å². The Bertz CT molecular complexity index is 1300. The highest BCUT2D eigenvalue weighted by Gasteiger charge is 2.60. The van der Waals surface area contributed by atoms with E-state index in [-0.39, 0.29) is 59.3 Å². The second-order valence-corrected chi connectivity index (χ2v) is 12.6. The standard InChI is InChI=1S/C24H32N10O5S/c1-10-19-18(11(2)28-17(35)8-33-9-27-30-31-33)23(37)34(19)20(24(38)39)21(10)40-13-4-14(26-5-13)22(36)32-6-12-3-16(25)29-15(12)7-32/h9-15,18-19,26H,3-8H2,1-2H3,(H2,25,29)(H,28,35)(H,38,39)/t10-,11-,12+,13?,14+,15-,18-,19-/m1/s1. The molecule has 6 rings (SSSR count). The van der Waals surface area contributed by atoms with Crippen molar-refractivity contribution in [3.63, 3.8) is 0 Å². The number of amides is 3. The third-order valence-corrected chi connectivity index (χ3v) is 10.1. The van der Waals surface area contributed by atoms with E-state index in [9.17, 15) is 24.3 Å². The minimum absolute atomic E-state index is 0.00793. The average molecular weight is 573 g/mol. The van der Waals surface area contributed by atoms with Gasteiger partial charge in [-0.05, 0) is 23.8 Å². The van der Waals surface area contributed by atoms with Gasteiger partial charge in [-0.1, -0.05) is 6.92 Å². The Labute approximate surface area is 234 Å². The summed E-state index contributed by atoms with van der Waals surface area (Å²) in [6.07, 6.45) is 2.62. The lowest BCUT2D eigenvalue weighted by atomic mass is 9.78. The lowest BCUT2D eigenvalue weighted by molar-refractivity contribution is -0.158. The van der Waals surface area contributed by atoms with E-state index in [1.165, 1.54) is 27.7 Å². The van der Waals surface area contributed by atoms with Crippen molar-refractivity contribution in [2.75, 3.05) is 19.6 Å². The van der Waals surface area contributed by atoms with E-state index in [0.29, 0.717) is 42.7 Å². The summed E-state index contributed by atoms with van der Waals surface area (Å²) in [5.41, 5.74) is 5.85. The highest BCUT2D eigenvalue weighted by atomic mass is 32.2. The van der Waals surface area contributed by atoms with E-state index in [0.717, 1.165) is 6.42 Å². The fraction of sp³-hybridized carbons (Fsp3) is 0.667. The van der Waals surface area contributed by atoms with Crippen LogP contribution in [-0.2, 0) is 25.7 Å². The molecule has 5 N–H and O–H groups in total. The number of carboxylic acid groups (broad SMARTS) is 1. The van der Waals surface area contributed by atoms with Crippen LogP contribution in [0.4, 0.5) is 0 Å². The molecule has 8 atom stereocenters. The number of likely N-dealkylation sites (tertiary alicyclic amines) is 1. The number of hydrogen-bond acceptors (Lipinski definition) is 11. The molecule has 40 heavy (non-hydrogen) atoms. The van der Waals surface area contributed by atoms with Crippen LogP contribution in [0.25, 0.3) is 0 Å². The van der Waals surface area contributed by atoms with Crippen LogP contribution in [0.3, 0.4) is 0 Å². The zero-order valence-corrected chi connectivity index (χ0v) is 23.0. The van der Waals surface area contributed by atoms with Crippen LogP contribution in [0.1, 0.15) is 26.7 Å². The Hall–Kier alpha value is -3.53. The fourth-order valence-corrected chi connectivity index (χ4v) is 8.26. The quantitative estimate of drug-likeness (QED) is 0.251. The fourth-order valence-electron chi connectivity index (χ4n) is 6.78. The maximum absolute atomic E-state index is 13.2. The summed E-state index contributed by atoms with van der Waals surface area (Å²) in [6, 6.07) is -1.13. The van der Waals surface area contributed by atoms with Crippen molar-refractivity contribution in [2.45, 2.75) is 62.7 Å². The molecule has 5 aliphatic heterocycles. The van der Waals surface area contributed by atoms with Crippen molar-refractivity contribution >= 4 is 41.3 Å². The number of aliphatic imine (C=N–C) groups is 1. The van der Waals surface area contributed by atoms with Crippen molar-refractivity contribution in [1.29, 1.82) is 0 Å². The maximum atomic E-state index is 13.2. The molecule has 0 bridgehead atoms. The third-order valence-electron chi connectivity index (χ3n) is 8.62. The molecule has 0 radical (unpaired) electrons. The Morgan fingerprint density at radius 1 is 1.32 bits per heavy atom. The van der Waals surface area contributed by atoms with Gasteiger partial charge in [0.25, 0.3) is 0 Å². The summed E-state index contributed by atoms with van der Waals surface area (Å²) < 4.78 is 1.28. The number of aliphatic carboxylic acids is 1. The Kier molecular flexibility index (Phi) is 6.76. The van der Waals surface area contributed by atoms with Crippen LogP contribution >= 0.6 is 11.8 Å². The predicted molar refractivity (Wildman–Crippen MR) is 141 cm³/mol. The van der Waals surface area contributed by atoms with Gasteiger partial charge in [-0.25, -0.2) is 9.48 Å². The largest absolute Gasteiger partial charge is 0.477 e. The number of fused-ring (bicyclic) bond motifs is 2. The minimum Gasteiger partial charge on any atom is -0.477 e. The SMILES string of the molecule is C[C@@H](NC(=O)Cn1cnnn1)[C@H]1C(=O)N2C(C(=O)O)=C(SC3CN[C@H](C(=O)N4C[C@@H]5CC(N)=N[C@@H]5C4)C3)[C@H](C)[C@H]12. The van der Waals surface area contributed by atoms with Gasteiger partial charge in [0.2, 0.25) is 17.7 Å². The third kappa shape index (κ3) is 4.52. The first kappa shape index (κ1) is 26.7. The highest BCUT2D eigenvalue weighted by Crippen LogP contribution is 2.52. The number of thioether (sulfide) groups is 1. The molecule has 0 saturated carbocycles. The lowest BCUT2D eigenvalue weighted by Crippen LogP contribution is -2.66. The zero-order valence-electron chi connectivity index (χ0n) is 22.1. The molecule has 0 spiro atoms. The Morgan fingerprint density at radius 3 is 2.83 bits per heavy atom. The van der Waals surface area contributed by atoms with Crippen LogP contribution < -0.4 is 16.4 Å². The number of nitrogens with one attached hydrogen (secondary N) is 2. The van der Waals surface area contributed by atoms with Crippen LogP contribution in [-0.4, -0.2) is 114 Å². The normalized spacial score (nSPS) is 33.5. The molecule has 0 aliphatic carbocycles. The number of carbonyl (C=O) groups is 4. The minimum atomic E-state index is -1.15. The van der Waals surface area contributed by atoms with E-state index in [1.54, 1.807) is 6.92 Å². The Morgan fingerprint density at radius 2 is 2.12 bits per heavy atom. The Balaban J connectivity index is 1.09. The summed E-state index contributed by atoms with van der Waals surface area (Å²) in [5, 5.41) is 26.9. The van der Waals surface area contributed by atoms with Crippen molar-refractivity contribution in [2.24, 2.45) is 28.5 Å². The zero-order chi connectivity index (χ0) is 28.3. The molecule has 1 aromatic heterocycles. The molecule has 6 heterocycles. The van der Waals surface area contributed by atoms with Crippen molar-refractivity contribution in [3.8, 4) is 0 Å². The smallest absolute Gasteiger partial charge is 0.353 e. The summed E-state index contributed by atoms with van der Waals surface area (Å²) in [5.74, 6) is -1.60. The van der Waals surface area contributed by atoms with Gasteiger partial charge in [0.15, 0.2) is 0 Å². The van der Waals surface area contributed by atoms with E-state index in [2.05, 4.69) is 31.2 Å². The lowest BCUT2D eigenvalue weighted by Gasteiger charge is -2.47. The summed E-state index contributed by atoms with van der Waals surface area (Å²) in [4.78, 5) is 59.5. The number of rotatable bonds is 8. The van der Waals surface area contributed by atoms with E-state index >= 15 is 0 Å². The molecule has 16 heteroatoms. The second-order valence-electron chi connectivity index (χ2n) is 11.2. The molecule has 3 amide bonds. The first-order valence-electron chi connectivity index (χ1n) is 13.4. The van der Waals surface area contributed by atoms with Crippen molar-refractivity contribution in [3.05, 3.63) is 16.9 Å². The summed E-state index contributed by atoms with van der Waals surface area (Å²) in [7, 11) is 0. The van der Waals surface area contributed by atoms with Crippen LogP contribution in [0.15, 0.2) is 21.9 Å². The monoisotopic (exact) mass is 572 g/mol. The molecule has 1 unspecified atom stereocenters. The van der Waals surface area contributed by atoms with E-state index < -0.39 is 17.9 Å². The number of tetrazole rings is 1. The molecule has 3 saturated heterocycles. The summed E-state index contributed by atoms with van der Waals surface area (Å²) >= 11 is 1.44. The molecule has 5 aliphatic rings. The maximum Gasteiger partial charge on any atom is 0.353 e. The number of β-lactam (4-membered cyclic amide) rings is 1. The molecular formula is C24H32N10O5S. The van der Waals surface area contributed by atoms with Crippen LogP contribution in [0, 0.1) is 17.8 Å². The number of nitrogens with zero attached hydrogens (tertiary/aromatic N) is 7. The van der Waals surface area contributed by atoms with Gasteiger partial charge in [-0.3, -0.25) is 19.4 Å². The van der Waals surface area contributed by atoms with E-state index in [1.807, 2.05) is 11.8 Å². The first-order valence-corrected chi connectivity index (χ1v) is 14.3. The number of aromatic nitrogens is 4. The number of amidine groups is 1.